The summed E-state index contributed by atoms with van der Waals surface area (Å²) in [5.74, 6) is -2.59. The van der Waals surface area contributed by atoms with Gasteiger partial charge in [-0.1, -0.05) is 29.8 Å². The van der Waals surface area contributed by atoms with E-state index in [2.05, 4.69) is 4.83 Å². The molecule has 208 valence electrons. The molecule has 3 aromatic rings. The number of nitrogens with one attached hydrogen (secondary N) is 1. The van der Waals surface area contributed by atoms with E-state index in [-0.39, 0.29) is 28.9 Å². The van der Waals surface area contributed by atoms with E-state index in [1.165, 1.54) is 5.01 Å². The summed E-state index contributed by atoms with van der Waals surface area (Å²) in [6.45, 7) is 10.2. The first-order chi connectivity index (χ1) is 18.0. The van der Waals surface area contributed by atoms with Crippen molar-refractivity contribution in [3.63, 3.8) is 0 Å². The topological polar surface area (TPSA) is 95.9 Å². The SMILES string of the molecule is Cc1ccc(-c2c(C)c3c(c(C)c2C(OC(C)(C)C)C(=O)O)N(NS(C)(=O)=O)Cc2c(F)ccc(F)c2-3)cc1. The Morgan fingerprint density at radius 1 is 0.974 bits per heavy atom. The molecule has 0 radical (unpaired) electrons. The molecule has 0 amide bonds. The molecule has 2 N–H and O–H groups in total. The Kier molecular flexibility index (Phi) is 7.35. The standard InChI is InChI=1S/C29H32F2N2O5S/c1-15-8-10-18(11-9-15)22-16(2)23-25-19(20(30)12-13-21(25)31)14-33(32-39(7,36)37)26(23)17(3)24(22)27(28(34)35)38-29(4,5)6/h8-13,27,32H,14H2,1-7H3,(H,34,35). The maximum Gasteiger partial charge on any atom is 0.337 e. The number of aliphatic carboxylic acids is 1. The molecule has 0 bridgehead atoms. The van der Waals surface area contributed by atoms with Gasteiger partial charge in [-0.3, -0.25) is 5.01 Å². The highest BCUT2D eigenvalue weighted by Gasteiger charge is 2.38. The normalized spacial score (nSPS) is 14.1. The number of carboxylic acid groups (broad SMARTS) is 1. The fraction of sp³-hybridized carbons (Fsp3) is 0.345. The number of benzene rings is 3. The molecule has 0 spiro atoms. The van der Waals surface area contributed by atoms with Crippen LogP contribution in [0.15, 0.2) is 36.4 Å². The van der Waals surface area contributed by atoms with Crippen LogP contribution in [0.2, 0.25) is 0 Å². The van der Waals surface area contributed by atoms with Crippen LogP contribution >= 0.6 is 0 Å². The molecule has 39 heavy (non-hydrogen) atoms. The van der Waals surface area contributed by atoms with Gasteiger partial charge in [-0.05, 0) is 75.9 Å². The Morgan fingerprint density at radius 2 is 1.56 bits per heavy atom. The first-order valence-corrected chi connectivity index (χ1v) is 14.3. The molecule has 4 rings (SSSR count). The van der Waals surface area contributed by atoms with E-state index in [9.17, 15) is 18.3 Å². The molecule has 0 fully saturated rings. The molecule has 0 saturated carbocycles. The van der Waals surface area contributed by atoms with E-state index >= 15 is 8.78 Å². The Bertz CT molecular complexity index is 1580. The predicted octanol–water partition coefficient (Wildman–Crippen LogP) is 5.95. The first-order valence-electron chi connectivity index (χ1n) is 12.4. The molecule has 1 aliphatic heterocycles. The molecular formula is C29H32F2N2O5S. The molecule has 1 atom stereocenters. The lowest BCUT2D eigenvalue weighted by Gasteiger charge is -2.38. The van der Waals surface area contributed by atoms with E-state index in [1.807, 2.05) is 31.2 Å². The number of carbonyl (C=O) groups is 1. The van der Waals surface area contributed by atoms with Crippen LogP contribution in [0.1, 0.15) is 54.7 Å². The Balaban J connectivity index is 2.22. The van der Waals surface area contributed by atoms with Gasteiger partial charge in [0, 0.05) is 22.3 Å². The van der Waals surface area contributed by atoms with Gasteiger partial charge in [0.1, 0.15) is 11.6 Å². The second kappa shape index (κ2) is 10.0. The average molecular weight is 559 g/mol. The van der Waals surface area contributed by atoms with Crippen LogP contribution in [-0.2, 0) is 26.1 Å². The van der Waals surface area contributed by atoms with E-state index in [4.69, 9.17) is 4.74 Å². The minimum absolute atomic E-state index is 0.00974. The summed E-state index contributed by atoms with van der Waals surface area (Å²) in [7, 11) is -3.85. The summed E-state index contributed by atoms with van der Waals surface area (Å²) in [5, 5.41) is 11.6. The number of rotatable bonds is 6. The molecule has 3 aromatic carbocycles. The fourth-order valence-electron chi connectivity index (χ4n) is 5.19. The van der Waals surface area contributed by atoms with Gasteiger partial charge in [-0.2, -0.15) is 0 Å². The van der Waals surface area contributed by atoms with E-state index in [0.29, 0.717) is 27.8 Å². The minimum atomic E-state index is -3.85. The average Bonchev–Trinajstić information content (AvgIpc) is 2.80. The van der Waals surface area contributed by atoms with Crippen LogP contribution < -0.4 is 9.84 Å². The summed E-state index contributed by atoms with van der Waals surface area (Å²) in [4.78, 5) is 15.1. The molecule has 7 nitrogen and oxygen atoms in total. The molecule has 0 aliphatic carbocycles. The Morgan fingerprint density at radius 3 is 2.10 bits per heavy atom. The van der Waals surface area contributed by atoms with Crippen molar-refractivity contribution in [2.24, 2.45) is 0 Å². The van der Waals surface area contributed by atoms with Crippen LogP contribution in [0.5, 0.6) is 0 Å². The number of carboxylic acids is 1. The summed E-state index contributed by atoms with van der Waals surface area (Å²) in [6.07, 6.45) is -0.486. The molecular weight excluding hydrogens is 526 g/mol. The Hall–Kier alpha value is -3.34. The third-order valence-electron chi connectivity index (χ3n) is 6.63. The van der Waals surface area contributed by atoms with Crippen LogP contribution in [-0.4, -0.2) is 31.4 Å². The zero-order chi connectivity index (χ0) is 29.0. The summed E-state index contributed by atoms with van der Waals surface area (Å²) in [5.41, 5.74) is 2.95. The van der Waals surface area contributed by atoms with Gasteiger partial charge in [-0.15, -0.1) is 4.83 Å². The van der Waals surface area contributed by atoms with Gasteiger partial charge < -0.3 is 9.84 Å². The fourth-order valence-corrected chi connectivity index (χ4v) is 5.75. The maximum absolute atomic E-state index is 15.5. The van der Waals surface area contributed by atoms with Crippen LogP contribution in [0, 0.1) is 32.4 Å². The monoisotopic (exact) mass is 558 g/mol. The van der Waals surface area contributed by atoms with Crippen LogP contribution in [0.25, 0.3) is 22.3 Å². The van der Waals surface area contributed by atoms with Gasteiger partial charge in [-0.25, -0.2) is 22.0 Å². The number of fused-ring (bicyclic) bond motifs is 3. The second-order valence-electron chi connectivity index (χ2n) is 10.9. The lowest BCUT2D eigenvalue weighted by molar-refractivity contribution is -0.160. The van der Waals surface area contributed by atoms with Crippen LogP contribution in [0.3, 0.4) is 0 Å². The third kappa shape index (κ3) is 5.54. The van der Waals surface area contributed by atoms with Crippen molar-refractivity contribution >= 4 is 21.7 Å². The zero-order valence-corrected chi connectivity index (χ0v) is 23.8. The number of halogens is 2. The number of ether oxygens (including phenoxy) is 1. The number of hydrogen-bond acceptors (Lipinski definition) is 5. The molecule has 1 unspecified atom stereocenters. The van der Waals surface area contributed by atoms with E-state index in [0.717, 1.165) is 24.0 Å². The van der Waals surface area contributed by atoms with Gasteiger partial charge >= 0.3 is 5.97 Å². The van der Waals surface area contributed by atoms with Gasteiger partial charge in [0.15, 0.2) is 6.10 Å². The highest BCUT2D eigenvalue weighted by molar-refractivity contribution is 7.88. The Labute approximate surface area is 227 Å². The lowest BCUT2D eigenvalue weighted by atomic mass is 9.79. The van der Waals surface area contributed by atoms with Gasteiger partial charge in [0.2, 0.25) is 10.0 Å². The third-order valence-corrected chi connectivity index (χ3v) is 7.18. The molecule has 0 aromatic heterocycles. The molecule has 10 heteroatoms. The van der Waals surface area contributed by atoms with Crippen molar-refractivity contribution in [1.29, 1.82) is 0 Å². The lowest BCUT2D eigenvalue weighted by Crippen LogP contribution is -2.44. The minimum Gasteiger partial charge on any atom is -0.479 e. The summed E-state index contributed by atoms with van der Waals surface area (Å²) >= 11 is 0. The van der Waals surface area contributed by atoms with Crippen molar-refractivity contribution in [2.45, 2.75) is 59.8 Å². The van der Waals surface area contributed by atoms with Gasteiger partial charge in [0.25, 0.3) is 0 Å². The largest absolute Gasteiger partial charge is 0.479 e. The highest BCUT2D eigenvalue weighted by Crippen LogP contribution is 2.51. The van der Waals surface area contributed by atoms with Crippen molar-refractivity contribution in [3.8, 4) is 22.3 Å². The van der Waals surface area contributed by atoms with Crippen molar-refractivity contribution in [2.75, 3.05) is 11.3 Å². The van der Waals surface area contributed by atoms with Crippen LogP contribution in [0.4, 0.5) is 14.5 Å². The highest BCUT2D eigenvalue weighted by atomic mass is 32.2. The number of hydrogen-bond donors (Lipinski definition) is 2. The number of anilines is 1. The number of nitrogens with zero attached hydrogens (tertiary/aromatic N) is 1. The molecule has 0 saturated heterocycles. The molecule has 1 heterocycles. The number of aryl methyl sites for hydroxylation is 1. The summed E-state index contributed by atoms with van der Waals surface area (Å²) in [6, 6.07) is 9.46. The number of sulfonamides is 1. The quantitative estimate of drug-likeness (QED) is 0.388. The van der Waals surface area contributed by atoms with Crippen molar-refractivity contribution < 1.29 is 31.8 Å². The van der Waals surface area contributed by atoms with Crippen molar-refractivity contribution in [1.82, 2.24) is 4.83 Å². The smallest absolute Gasteiger partial charge is 0.337 e. The van der Waals surface area contributed by atoms with E-state index in [1.54, 1.807) is 34.6 Å². The first kappa shape index (κ1) is 28.7. The maximum atomic E-state index is 15.5. The second-order valence-corrected chi connectivity index (χ2v) is 12.6. The van der Waals surface area contributed by atoms with Crippen molar-refractivity contribution in [3.05, 3.63) is 75.8 Å². The van der Waals surface area contributed by atoms with E-state index < -0.39 is 39.3 Å². The van der Waals surface area contributed by atoms with Gasteiger partial charge in [0.05, 0.1) is 24.1 Å². The predicted molar refractivity (Wildman–Crippen MR) is 147 cm³/mol. The zero-order valence-electron chi connectivity index (χ0n) is 22.9. The summed E-state index contributed by atoms with van der Waals surface area (Å²) < 4.78 is 61.3. The number of hydrazine groups is 1. The molecule has 1 aliphatic rings.